The first-order chi connectivity index (χ1) is 10.6. The molecule has 0 fully saturated rings. The Bertz CT molecular complexity index is 826. The number of nitrogens with zero attached hydrogens (tertiary/aromatic N) is 2. The topological polar surface area (TPSA) is 83.8 Å². The fraction of sp³-hybridized carbons (Fsp3) is 0.0714. The first-order valence-corrected chi connectivity index (χ1v) is 7.07. The van der Waals surface area contributed by atoms with Gasteiger partial charge in [0.2, 0.25) is 5.95 Å². The van der Waals surface area contributed by atoms with Crippen LogP contribution in [0.1, 0.15) is 11.5 Å². The van der Waals surface area contributed by atoms with Crippen LogP contribution in [0.25, 0.3) is 0 Å². The number of benzene rings is 1. The molecule has 6 nitrogen and oxygen atoms in total. The first-order valence-electron chi connectivity index (χ1n) is 6.31. The maximum Gasteiger partial charge on any atom is 0.274 e. The molecule has 2 heterocycles. The van der Waals surface area contributed by atoms with Gasteiger partial charge in [-0.1, -0.05) is 23.2 Å². The highest BCUT2D eigenvalue weighted by Crippen LogP contribution is 2.23. The van der Waals surface area contributed by atoms with Gasteiger partial charge in [-0.15, -0.1) is 10.2 Å². The SMILES string of the molecule is O=c1[nH]c(Nc2cc(Cl)cc(Cl)c2)nnc1Cc1ccco1. The highest BCUT2D eigenvalue weighted by molar-refractivity contribution is 6.35. The summed E-state index contributed by atoms with van der Waals surface area (Å²) >= 11 is 11.8. The average molecular weight is 337 g/mol. The fourth-order valence-electron chi connectivity index (χ4n) is 1.87. The van der Waals surface area contributed by atoms with Gasteiger partial charge in [0.15, 0.2) is 0 Å². The van der Waals surface area contributed by atoms with Gasteiger partial charge >= 0.3 is 0 Å². The summed E-state index contributed by atoms with van der Waals surface area (Å²) in [5.41, 5.74) is 0.521. The number of aromatic amines is 1. The van der Waals surface area contributed by atoms with Crippen LogP contribution in [-0.2, 0) is 6.42 Å². The number of hydrogen-bond donors (Lipinski definition) is 2. The van der Waals surface area contributed by atoms with Crippen molar-refractivity contribution in [1.82, 2.24) is 15.2 Å². The van der Waals surface area contributed by atoms with E-state index in [1.165, 1.54) is 6.26 Å². The Kier molecular flexibility index (Phi) is 4.13. The van der Waals surface area contributed by atoms with Crippen LogP contribution in [0.2, 0.25) is 10.0 Å². The Morgan fingerprint density at radius 3 is 2.59 bits per heavy atom. The summed E-state index contributed by atoms with van der Waals surface area (Å²) < 4.78 is 5.18. The molecule has 22 heavy (non-hydrogen) atoms. The van der Waals surface area contributed by atoms with Crippen LogP contribution in [0.4, 0.5) is 11.6 Å². The summed E-state index contributed by atoms with van der Waals surface area (Å²) in [6, 6.07) is 8.43. The normalized spacial score (nSPS) is 10.6. The number of halogens is 2. The minimum Gasteiger partial charge on any atom is -0.469 e. The molecule has 112 valence electrons. The molecule has 1 aromatic carbocycles. The summed E-state index contributed by atoms with van der Waals surface area (Å²) in [5, 5.41) is 11.7. The monoisotopic (exact) mass is 336 g/mol. The number of rotatable bonds is 4. The molecule has 0 saturated carbocycles. The molecule has 0 bridgehead atoms. The van der Waals surface area contributed by atoms with Crippen molar-refractivity contribution in [2.24, 2.45) is 0 Å². The predicted octanol–water partition coefficient (Wildman–Crippen LogP) is 3.40. The van der Waals surface area contributed by atoms with Crippen LogP contribution in [0.15, 0.2) is 45.8 Å². The van der Waals surface area contributed by atoms with Gasteiger partial charge in [-0.3, -0.25) is 9.78 Å². The second kappa shape index (κ2) is 6.21. The lowest BCUT2D eigenvalue weighted by molar-refractivity contribution is 0.517. The molecule has 0 aliphatic heterocycles. The first kappa shape index (κ1) is 14.6. The molecular formula is C14H10Cl2N4O2. The van der Waals surface area contributed by atoms with Crippen LogP contribution >= 0.6 is 23.2 Å². The maximum absolute atomic E-state index is 12.0. The lowest BCUT2D eigenvalue weighted by Gasteiger charge is -2.06. The third-order valence-electron chi connectivity index (χ3n) is 2.81. The molecule has 2 aromatic heterocycles. The molecular weight excluding hydrogens is 327 g/mol. The van der Waals surface area contributed by atoms with Crippen molar-refractivity contribution in [1.29, 1.82) is 0 Å². The second-order valence-electron chi connectivity index (χ2n) is 4.49. The standard InChI is InChI=1S/C14H10Cl2N4O2/c15-8-4-9(16)6-10(5-8)17-14-18-13(21)12(19-20-14)7-11-2-1-3-22-11/h1-6H,7H2,(H2,17,18,20,21). The maximum atomic E-state index is 12.0. The van der Waals surface area contributed by atoms with Crippen molar-refractivity contribution < 1.29 is 4.42 Å². The van der Waals surface area contributed by atoms with E-state index in [1.54, 1.807) is 30.3 Å². The van der Waals surface area contributed by atoms with Crippen LogP contribution < -0.4 is 10.9 Å². The molecule has 8 heteroatoms. The Balaban J connectivity index is 1.81. The molecule has 0 atom stereocenters. The van der Waals surface area contributed by atoms with Gasteiger partial charge in [0.1, 0.15) is 11.5 Å². The zero-order valence-electron chi connectivity index (χ0n) is 11.1. The van der Waals surface area contributed by atoms with Gasteiger partial charge in [0.25, 0.3) is 5.56 Å². The summed E-state index contributed by atoms with van der Waals surface area (Å²) in [6.45, 7) is 0. The minimum atomic E-state index is -0.345. The summed E-state index contributed by atoms with van der Waals surface area (Å²) in [7, 11) is 0. The van der Waals surface area contributed by atoms with Crippen molar-refractivity contribution >= 4 is 34.8 Å². The average Bonchev–Trinajstić information content (AvgIpc) is 2.93. The minimum absolute atomic E-state index is 0.200. The molecule has 0 aliphatic rings. The predicted molar refractivity (Wildman–Crippen MR) is 83.9 cm³/mol. The number of furan rings is 1. The second-order valence-corrected chi connectivity index (χ2v) is 5.36. The Morgan fingerprint density at radius 2 is 1.95 bits per heavy atom. The van der Waals surface area contributed by atoms with E-state index < -0.39 is 0 Å². The van der Waals surface area contributed by atoms with Crippen LogP contribution in [0, 0.1) is 0 Å². The van der Waals surface area contributed by atoms with E-state index in [0.29, 0.717) is 21.5 Å². The molecule has 0 amide bonds. The molecule has 0 saturated heterocycles. The van der Waals surface area contributed by atoms with Crippen molar-refractivity contribution in [3.8, 4) is 0 Å². The molecule has 0 aliphatic carbocycles. The molecule has 0 spiro atoms. The van der Waals surface area contributed by atoms with E-state index in [-0.39, 0.29) is 23.6 Å². The highest BCUT2D eigenvalue weighted by Gasteiger charge is 2.08. The summed E-state index contributed by atoms with van der Waals surface area (Å²) in [5.74, 6) is 0.841. The molecule has 0 unspecified atom stereocenters. The largest absolute Gasteiger partial charge is 0.469 e. The van der Waals surface area contributed by atoms with Gasteiger partial charge in [0, 0.05) is 15.7 Å². The fourth-order valence-corrected chi connectivity index (χ4v) is 2.40. The van der Waals surface area contributed by atoms with Crippen LogP contribution in [0.3, 0.4) is 0 Å². The smallest absolute Gasteiger partial charge is 0.274 e. The van der Waals surface area contributed by atoms with E-state index in [4.69, 9.17) is 27.6 Å². The van der Waals surface area contributed by atoms with Crippen molar-refractivity contribution in [2.45, 2.75) is 6.42 Å². The Labute approximate surface area is 135 Å². The van der Waals surface area contributed by atoms with E-state index in [1.807, 2.05) is 0 Å². The van der Waals surface area contributed by atoms with Crippen molar-refractivity contribution in [3.63, 3.8) is 0 Å². The molecule has 2 N–H and O–H groups in total. The van der Waals surface area contributed by atoms with Gasteiger partial charge in [-0.2, -0.15) is 0 Å². The lowest BCUT2D eigenvalue weighted by Crippen LogP contribution is -2.18. The Morgan fingerprint density at radius 1 is 1.18 bits per heavy atom. The van der Waals surface area contributed by atoms with Gasteiger partial charge in [-0.05, 0) is 30.3 Å². The third kappa shape index (κ3) is 3.47. The lowest BCUT2D eigenvalue weighted by atomic mass is 10.2. The highest BCUT2D eigenvalue weighted by atomic mass is 35.5. The quantitative estimate of drug-likeness (QED) is 0.762. The number of H-pyrrole nitrogens is 1. The number of nitrogens with one attached hydrogen (secondary N) is 2. The molecule has 3 rings (SSSR count). The zero-order chi connectivity index (χ0) is 15.5. The van der Waals surface area contributed by atoms with Crippen LogP contribution in [0.5, 0.6) is 0 Å². The molecule has 3 aromatic rings. The van der Waals surface area contributed by atoms with E-state index in [2.05, 4.69) is 20.5 Å². The van der Waals surface area contributed by atoms with Gasteiger partial charge < -0.3 is 9.73 Å². The van der Waals surface area contributed by atoms with Crippen molar-refractivity contribution in [3.05, 3.63) is 68.4 Å². The van der Waals surface area contributed by atoms with E-state index in [9.17, 15) is 4.79 Å². The van der Waals surface area contributed by atoms with Crippen molar-refractivity contribution in [2.75, 3.05) is 5.32 Å². The zero-order valence-corrected chi connectivity index (χ0v) is 12.6. The van der Waals surface area contributed by atoms with Gasteiger partial charge in [0.05, 0.1) is 12.7 Å². The number of aromatic nitrogens is 3. The van der Waals surface area contributed by atoms with Gasteiger partial charge in [-0.25, -0.2) is 0 Å². The molecule has 0 radical (unpaired) electrons. The Hall–Kier alpha value is -2.31. The summed E-state index contributed by atoms with van der Waals surface area (Å²) in [6.07, 6.45) is 1.81. The van der Waals surface area contributed by atoms with E-state index in [0.717, 1.165) is 0 Å². The van der Waals surface area contributed by atoms with Crippen LogP contribution in [-0.4, -0.2) is 15.2 Å². The number of anilines is 2. The summed E-state index contributed by atoms with van der Waals surface area (Å²) in [4.78, 5) is 14.6. The van der Waals surface area contributed by atoms with E-state index >= 15 is 0 Å². The number of hydrogen-bond acceptors (Lipinski definition) is 5. The third-order valence-corrected chi connectivity index (χ3v) is 3.25.